The summed E-state index contributed by atoms with van der Waals surface area (Å²) in [5, 5.41) is 0. The van der Waals surface area contributed by atoms with Crippen LogP contribution in [0.3, 0.4) is 0 Å². The first-order chi connectivity index (χ1) is 7.24. The molecule has 0 radical (unpaired) electrons. The highest BCUT2D eigenvalue weighted by Gasteiger charge is 2.26. The van der Waals surface area contributed by atoms with Crippen LogP contribution in [-0.2, 0) is 9.47 Å². The second-order valence-electron chi connectivity index (χ2n) is 4.06. The Balaban J connectivity index is 3.98. The van der Waals surface area contributed by atoms with Crippen molar-refractivity contribution in [3.05, 3.63) is 12.7 Å². The van der Waals surface area contributed by atoms with E-state index in [4.69, 9.17) is 9.47 Å². The lowest BCUT2D eigenvalue weighted by molar-refractivity contribution is -0.0207. The quantitative estimate of drug-likeness (QED) is 0.410. The lowest BCUT2D eigenvalue weighted by atomic mass is 9.84. The van der Waals surface area contributed by atoms with Gasteiger partial charge in [0.05, 0.1) is 19.8 Å². The Hall–Kier alpha value is -0.340. The van der Waals surface area contributed by atoms with Crippen molar-refractivity contribution in [2.75, 3.05) is 26.4 Å². The highest BCUT2D eigenvalue weighted by Crippen LogP contribution is 2.27. The Morgan fingerprint density at radius 3 is 2.13 bits per heavy atom. The topological polar surface area (TPSA) is 18.5 Å². The fourth-order valence-corrected chi connectivity index (χ4v) is 1.49. The van der Waals surface area contributed by atoms with Crippen LogP contribution in [0.1, 0.15) is 40.0 Å². The zero-order valence-electron chi connectivity index (χ0n) is 10.6. The van der Waals surface area contributed by atoms with Crippen LogP contribution in [-0.4, -0.2) is 26.4 Å². The molecule has 0 aromatic carbocycles. The van der Waals surface area contributed by atoms with Gasteiger partial charge in [0, 0.05) is 12.0 Å². The van der Waals surface area contributed by atoms with Crippen molar-refractivity contribution in [1.82, 2.24) is 0 Å². The van der Waals surface area contributed by atoms with Crippen LogP contribution in [0.5, 0.6) is 0 Å². The first-order valence-electron chi connectivity index (χ1n) is 6.01. The minimum atomic E-state index is 0.193. The maximum Gasteiger partial charge on any atom is 0.0645 e. The Bertz CT molecular complexity index is 151. The molecule has 2 nitrogen and oxygen atoms in total. The average Bonchev–Trinajstić information content (AvgIpc) is 2.28. The van der Waals surface area contributed by atoms with Gasteiger partial charge < -0.3 is 9.47 Å². The Morgan fingerprint density at radius 2 is 1.67 bits per heavy atom. The van der Waals surface area contributed by atoms with E-state index in [0.717, 1.165) is 39.1 Å². The summed E-state index contributed by atoms with van der Waals surface area (Å²) in [4.78, 5) is 0. The van der Waals surface area contributed by atoms with E-state index in [2.05, 4.69) is 27.4 Å². The number of rotatable bonds is 10. The molecule has 0 saturated carbocycles. The number of ether oxygens (including phenoxy) is 2. The van der Waals surface area contributed by atoms with Crippen LogP contribution < -0.4 is 0 Å². The molecule has 0 fully saturated rings. The summed E-state index contributed by atoms with van der Waals surface area (Å²) in [5.74, 6) is 0. The normalized spacial score (nSPS) is 11.7. The third kappa shape index (κ3) is 5.95. The van der Waals surface area contributed by atoms with Gasteiger partial charge in [-0.25, -0.2) is 0 Å². The highest BCUT2D eigenvalue weighted by atomic mass is 16.5. The molecule has 0 heterocycles. The van der Waals surface area contributed by atoms with Crippen LogP contribution in [0.25, 0.3) is 0 Å². The van der Waals surface area contributed by atoms with Crippen molar-refractivity contribution in [2.24, 2.45) is 5.41 Å². The molecule has 0 aromatic heterocycles. The Morgan fingerprint density at radius 1 is 1.07 bits per heavy atom. The smallest absolute Gasteiger partial charge is 0.0645 e. The van der Waals surface area contributed by atoms with E-state index in [0.29, 0.717) is 6.61 Å². The zero-order valence-corrected chi connectivity index (χ0v) is 10.6. The summed E-state index contributed by atoms with van der Waals surface area (Å²) in [7, 11) is 0. The lowest BCUT2D eigenvalue weighted by Gasteiger charge is -2.31. The van der Waals surface area contributed by atoms with Crippen LogP contribution in [0.4, 0.5) is 0 Å². The van der Waals surface area contributed by atoms with Crippen molar-refractivity contribution in [2.45, 2.75) is 40.0 Å². The second kappa shape index (κ2) is 8.93. The number of hydrogen-bond donors (Lipinski definition) is 0. The first-order valence-corrected chi connectivity index (χ1v) is 6.01. The van der Waals surface area contributed by atoms with E-state index < -0.39 is 0 Å². The monoisotopic (exact) mass is 214 g/mol. The van der Waals surface area contributed by atoms with E-state index in [1.54, 1.807) is 6.08 Å². The molecule has 15 heavy (non-hydrogen) atoms. The predicted molar refractivity (Wildman–Crippen MR) is 65.1 cm³/mol. The van der Waals surface area contributed by atoms with Gasteiger partial charge in [-0.3, -0.25) is 0 Å². The lowest BCUT2D eigenvalue weighted by Crippen LogP contribution is -2.31. The van der Waals surface area contributed by atoms with Gasteiger partial charge >= 0.3 is 0 Å². The van der Waals surface area contributed by atoms with E-state index in [9.17, 15) is 0 Å². The number of hydrogen-bond acceptors (Lipinski definition) is 2. The van der Waals surface area contributed by atoms with E-state index in [1.165, 1.54) is 0 Å². The molecular formula is C13H26O2. The summed E-state index contributed by atoms with van der Waals surface area (Å²) in [5.41, 5.74) is 0.193. The molecule has 0 unspecified atom stereocenters. The summed E-state index contributed by atoms with van der Waals surface area (Å²) in [6.07, 6.45) is 5.08. The molecular weight excluding hydrogens is 188 g/mol. The van der Waals surface area contributed by atoms with Gasteiger partial charge in [0.15, 0.2) is 0 Å². The zero-order chi connectivity index (χ0) is 11.6. The second-order valence-corrected chi connectivity index (χ2v) is 4.06. The van der Waals surface area contributed by atoms with Gasteiger partial charge in [-0.15, -0.1) is 6.58 Å². The molecule has 0 atom stereocenters. The molecule has 0 bridgehead atoms. The SMILES string of the molecule is C=CCOCC(CC)(CC)COCCC. The highest BCUT2D eigenvalue weighted by molar-refractivity contribution is 4.77. The van der Waals surface area contributed by atoms with Gasteiger partial charge in [0.1, 0.15) is 0 Å². The van der Waals surface area contributed by atoms with Crippen LogP contribution in [0.15, 0.2) is 12.7 Å². The Kier molecular flexibility index (Phi) is 8.73. The third-order valence-electron chi connectivity index (χ3n) is 2.90. The minimum absolute atomic E-state index is 0.193. The fourth-order valence-electron chi connectivity index (χ4n) is 1.49. The molecule has 90 valence electrons. The van der Waals surface area contributed by atoms with Gasteiger partial charge in [0.2, 0.25) is 0 Å². The van der Waals surface area contributed by atoms with Crippen LogP contribution in [0.2, 0.25) is 0 Å². The van der Waals surface area contributed by atoms with Crippen molar-refractivity contribution in [3.63, 3.8) is 0 Å². The molecule has 0 rings (SSSR count). The van der Waals surface area contributed by atoms with Gasteiger partial charge in [0.25, 0.3) is 0 Å². The minimum Gasteiger partial charge on any atom is -0.381 e. The molecule has 0 saturated heterocycles. The van der Waals surface area contributed by atoms with Crippen LogP contribution in [0, 0.1) is 5.41 Å². The summed E-state index contributed by atoms with van der Waals surface area (Å²) in [6, 6.07) is 0. The van der Waals surface area contributed by atoms with Crippen molar-refractivity contribution in [3.8, 4) is 0 Å². The van der Waals surface area contributed by atoms with E-state index in [-0.39, 0.29) is 5.41 Å². The van der Waals surface area contributed by atoms with Crippen molar-refractivity contribution >= 4 is 0 Å². The fraction of sp³-hybridized carbons (Fsp3) is 0.846. The van der Waals surface area contributed by atoms with Gasteiger partial charge in [-0.05, 0) is 19.3 Å². The van der Waals surface area contributed by atoms with E-state index in [1.807, 2.05) is 0 Å². The standard InChI is InChI=1S/C13H26O2/c1-5-9-14-11-13(7-3,8-4)12-15-10-6-2/h5H,1,6-12H2,2-4H3. The van der Waals surface area contributed by atoms with Crippen molar-refractivity contribution < 1.29 is 9.47 Å². The maximum atomic E-state index is 5.65. The van der Waals surface area contributed by atoms with Gasteiger partial charge in [-0.2, -0.15) is 0 Å². The molecule has 0 aliphatic rings. The molecule has 2 heteroatoms. The molecule has 0 N–H and O–H groups in total. The predicted octanol–water partition coefficient (Wildman–Crippen LogP) is 3.42. The molecule has 0 amide bonds. The van der Waals surface area contributed by atoms with Gasteiger partial charge in [-0.1, -0.05) is 26.8 Å². The molecule has 0 aliphatic carbocycles. The largest absolute Gasteiger partial charge is 0.381 e. The van der Waals surface area contributed by atoms with Crippen molar-refractivity contribution in [1.29, 1.82) is 0 Å². The molecule has 0 aromatic rings. The summed E-state index contributed by atoms with van der Waals surface area (Å²) in [6.45, 7) is 13.3. The Labute approximate surface area is 94.7 Å². The molecule has 0 aliphatic heterocycles. The van der Waals surface area contributed by atoms with Crippen LogP contribution >= 0.6 is 0 Å². The summed E-state index contributed by atoms with van der Waals surface area (Å²) < 4.78 is 11.2. The average molecular weight is 214 g/mol. The third-order valence-corrected chi connectivity index (χ3v) is 2.90. The first kappa shape index (κ1) is 14.7. The summed E-state index contributed by atoms with van der Waals surface area (Å²) >= 11 is 0. The maximum absolute atomic E-state index is 5.65. The molecule has 0 spiro atoms. The van der Waals surface area contributed by atoms with E-state index >= 15 is 0 Å².